The second kappa shape index (κ2) is 6.32. The van der Waals surface area contributed by atoms with E-state index in [2.05, 4.69) is 33.6 Å². The molecule has 0 saturated carbocycles. The number of hydrogen-bond acceptors (Lipinski definition) is 5. The average molecular weight is 334 g/mol. The zero-order valence-corrected chi connectivity index (χ0v) is 14.0. The number of nitrogens with zero attached hydrogens (tertiary/aromatic N) is 3. The second-order valence-electron chi connectivity index (χ2n) is 5.65. The molecule has 1 aliphatic rings. The third-order valence-electron chi connectivity index (χ3n) is 4.25. The van der Waals surface area contributed by atoms with Crippen molar-refractivity contribution in [2.45, 2.75) is 6.04 Å². The summed E-state index contributed by atoms with van der Waals surface area (Å²) in [4.78, 5) is 4.33. The number of anilines is 1. The van der Waals surface area contributed by atoms with Crippen LogP contribution in [0.25, 0.3) is 5.70 Å². The first kappa shape index (κ1) is 15.3. The van der Waals surface area contributed by atoms with Crippen LogP contribution in [-0.4, -0.2) is 29.0 Å². The van der Waals surface area contributed by atoms with Gasteiger partial charge in [-0.1, -0.05) is 30.3 Å². The van der Waals surface area contributed by atoms with Gasteiger partial charge in [-0.05, 0) is 29.8 Å². The third-order valence-corrected chi connectivity index (χ3v) is 4.25. The Balaban J connectivity index is 1.87. The van der Waals surface area contributed by atoms with E-state index in [9.17, 15) is 0 Å². The first-order chi connectivity index (χ1) is 12.3. The summed E-state index contributed by atoms with van der Waals surface area (Å²) in [5.74, 6) is 2.24. The quantitative estimate of drug-likeness (QED) is 0.793. The molecule has 6 nitrogen and oxygen atoms in total. The zero-order chi connectivity index (χ0) is 17.2. The van der Waals surface area contributed by atoms with Crippen molar-refractivity contribution >= 4 is 11.6 Å². The van der Waals surface area contributed by atoms with Gasteiger partial charge in [0, 0.05) is 11.3 Å². The molecule has 2 heterocycles. The normalized spacial score (nSPS) is 15.8. The lowest BCUT2D eigenvalue weighted by atomic mass is 10.0. The van der Waals surface area contributed by atoms with Gasteiger partial charge in [0.05, 0.1) is 14.2 Å². The number of aromatic nitrogens is 3. The molecule has 0 aliphatic carbocycles. The monoisotopic (exact) mass is 334 g/mol. The minimum Gasteiger partial charge on any atom is -0.497 e. The van der Waals surface area contributed by atoms with Crippen molar-refractivity contribution in [3.63, 3.8) is 0 Å². The van der Waals surface area contributed by atoms with Crippen molar-refractivity contribution in [2.24, 2.45) is 0 Å². The fraction of sp³-hybridized carbons (Fsp3) is 0.158. The Morgan fingerprint density at radius 1 is 1.04 bits per heavy atom. The summed E-state index contributed by atoms with van der Waals surface area (Å²) in [6.45, 7) is 0. The van der Waals surface area contributed by atoms with E-state index >= 15 is 0 Å². The van der Waals surface area contributed by atoms with Gasteiger partial charge in [-0.25, -0.2) is 4.68 Å². The van der Waals surface area contributed by atoms with Crippen molar-refractivity contribution in [1.82, 2.24) is 14.8 Å². The summed E-state index contributed by atoms with van der Waals surface area (Å²) in [6.07, 6.45) is 3.66. The number of ether oxygens (including phenoxy) is 2. The Labute approximate surface area is 145 Å². The predicted molar refractivity (Wildman–Crippen MR) is 95.7 cm³/mol. The summed E-state index contributed by atoms with van der Waals surface area (Å²) in [7, 11) is 3.32. The van der Waals surface area contributed by atoms with Gasteiger partial charge >= 0.3 is 0 Å². The van der Waals surface area contributed by atoms with Crippen LogP contribution < -0.4 is 14.8 Å². The number of nitrogens with one attached hydrogen (secondary N) is 1. The molecule has 0 radical (unpaired) electrons. The molecule has 1 aliphatic heterocycles. The molecule has 1 atom stereocenters. The van der Waals surface area contributed by atoms with E-state index in [0.29, 0.717) is 5.95 Å². The van der Waals surface area contributed by atoms with Crippen molar-refractivity contribution in [3.8, 4) is 11.5 Å². The Kier molecular flexibility index (Phi) is 3.85. The van der Waals surface area contributed by atoms with Crippen LogP contribution in [0.1, 0.15) is 17.2 Å². The van der Waals surface area contributed by atoms with Gasteiger partial charge in [0.2, 0.25) is 5.95 Å². The molecular weight excluding hydrogens is 316 g/mol. The molecule has 0 unspecified atom stereocenters. The highest BCUT2D eigenvalue weighted by molar-refractivity contribution is 5.77. The SMILES string of the molecule is COc1ccc(OC)c([C@@H]2C=C(c3ccccc3)Nc3ncnn32)c1. The van der Waals surface area contributed by atoms with Crippen LogP contribution in [0.3, 0.4) is 0 Å². The van der Waals surface area contributed by atoms with Crippen LogP contribution in [0.2, 0.25) is 0 Å². The van der Waals surface area contributed by atoms with Gasteiger partial charge in [-0.15, -0.1) is 0 Å². The molecule has 2 aromatic carbocycles. The highest BCUT2D eigenvalue weighted by Crippen LogP contribution is 2.37. The van der Waals surface area contributed by atoms with Crippen LogP contribution in [0, 0.1) is 0 Å². The molecule has 1 aromatic heterocycles. The molecule has 1 N–H and O–H groups in total. The Hall–Kier alpha value is -3.28. The molecule has 0 bridgehead atoms. The van der Waals surface area contributed by atoms with E-state index in [1.54, 1.807) is 20.5 Å². The second-order valence-corrected chi connectivity index (χ2v) is 5.65. The fourth-order valence-electron chi connectivity index (χ4n) is 3.01. The molecular formula is C19H18N4O2. The topological polar surface area (TPSA) is 61.2 Å². The number of allylic oxidation sites excluding steroid dienone is 1. The summed E-state index contributed by atoms with van der Waals surface area (Å²) >= 11 is 0. The summed E-state index contributed by atoms with van der Waals surface area (Å²) in [6, 6.07) is 15.7. The lowest BCUT2D eigenvalue weighted by Crippen LogP contribution is -2.20. The minimum absolute atomic E-state index is 0.154. The minimum atomic E-state index is -0.154. The van der Waals surface area contributed by atoms with Crippen molar-refractivity contribution in [2.75, 3.05) is 19.5 Å². The van der Waals surface area contributed by atoms with Gasteiger partial charge < -0.3 is 14.8 Å². The van der Waals surface area contributed by atoms with E-state index in [1.807, 2.05) is 41.1 Å². The Morgan fingerprint density at radius 2 is 1.88 bits per heavy atom. The smallest absolute Gasteiger partial charge is 0.226 e. The maximum absolute atomic E-state index is 5.56. The van der Waals surface area contributed by atoms with Gasteiger partial charge in [0.15, 0.2) is 0 Å². The van der Waals surface area contributed by atoms with Crippen molar-refractivity contribution in [1.29, 1.82) is 0 Å². The summed E-state index contributed by atoms with van der Waals surface area (Å²) in [5, 5.41) is 7.71. The van der Waals surface area contributed by atoms with Crippen LogP contribution in [0.5, 0.6) is 11.5 Å². The Bertz CT molecular complexity index is 918. The molecule has 4 rings (SSSR count). The fourth-order valence-corrected chi connectivity index (χ4v) is 3.01. The third kappa shape index (κ3) is 2.71. The van der Waals surface area contributed by atoms with Crippen LogP contribution in [-0.2, 0) is 0 Å². The van der Waals surface area contributed by atoms with Crippen molar-refractivity contribution in [3.05, 3.63) is 72.1 Å². The number of hydrogen-bond donors (Lipinski definition) is 1. The molecule has 0 fully saturated rings. The van der Waals surface area contributed by atoms with Crippen molar-refractivity contribution < 1.29 is 9.47 Å². The maximum atomic E-state index is 5.56. The standard InChI is InChI=1S/C19H18N4O2/c1-24-14-8-9-18(25-2)15(10-14)17-11-16(13-6-4-3-5-7-13)22-19-20-12-21-23(17)19/h3-12,17H,1-2H3,(H,20,21,22)/t17-/m0/s1. The first-order valence-electron chi connectivity index (χ1n) is 7.96. The first-order valence-corrected chi connectivity index (χ1v) is 7.96. The summed E-state index contributed by atoms with van der Waals surface area (Å²) in [5.41, 5.74) is 3.03. The van der Waals surface area contributed by atoms with Gasteiger partial charge in [-0.2, -0.15) is 10.1 Å². The van der Waals surface area contributed by atoms with E-state index < -0.39 is 0 Å². The largest absolute Gasteiger partial charge is 0.497 e. The van der Waals surface area contributed by atoms with E-state index in [-0.39, 0.29) is 6.04 Å². The van der Waals surface area contributed by atoms with Gasteiger partial charge in [0.25, 0.3) is 0 Å². The number of methoxy groups -OCH3 is 2. The molecule has 6 heteroatoms. The molecule has 3 aromatic rings. The number of rotatable bonds is 4. The van der Waals surface area contributed by atoms with Crippen LogP contribution >= 0.6 is 0 Å². The lowest BCUT2D eigenvalue weighted by molar-refractivity contribution is 0.394. The average Bonchev–Trinajstić information content (AvgIpc) is 3.16. The molecule has 126 valence electrons. The number of benzene rings is 2. The van der Waals surface area contributed by atoms with E-state index in [0.717, 1.165) is 28.3 Å². The Morgan fingerprint density at radius 3 is 2.64 bits per heavy atom. The molecule has 0 spiro atoms. The van der Waals surface area contributed by atoms with E-state index in [4.69, 9.17) is 9.47 Å². The van der Waals surface area contributed by atoms with Crippen LogP contribution in [0.4, 0.5) is 5.95 Å². The lowest BCUT2D eigenvalue weighted by Gasteiger charge is -2.25. The molecule has 0 amide bonds. The summed E-state index contributed by atoms with van der Waals surface area (Å²) < 4.78 is 12.8. The zero-order valence-electron chi connectivity index (χ0n) is 14.0. The van der Waals surface area contributed by atoms with Gasteiger partial charge in [-0.3, -0.25) is 0 Å². The highest BCUT2D eigenvalue weighted by atomic mass is 16.5. The maximum Gasteiger partial charge on any atom is 0.226 e. The molecule has 0 saturated heterocycles. The van der Waals surface area contributed by atoms with Crippen LogP contribution in [0.15, 0.2) is 60.9 Å². The predicted octanol–water partition coefficient (Wildman–Crippen LogP) is 3.35. The number of fused-ring (bicyclic) bond motifs is 1. The molecule has 25 heavy (non-hydrogen) atoms. The van der Waals surface area contributed by atoms with E-state index in [1.165, 1.54) is 0 Å². The van der Waals surface area contributed by atoms with Gasteiger partial charge in [0.1, 0.15) is 23.9 Å². The highest BCUT2D eigenvalue weighted by Gasteiger charge is 2.26.